The van der Waals surface area contributed by atoms with Gasteiger partial charge in [-0.3, -0.25) is 9.10 Å². The summed E-state index contributed by atoms with van der Waals surface area (Å²) in [5.74, 6) is -0.583. The number of rotatable bonds is 8. The molecule has 0 spiro atoms. The van der Waals surface area contributed by atoms with Crippen molar-refractivity contribution < 1.29 is 27.5 Å². The molecule has 10 heteroatoms. The summed E-state index contributed by atoms with van der Waals surface area (Å²) in [6, 6.07) is 18.0. The second-order valence-electron chi connectivity index (χ2n) is 6.78. The molecule has 0 atom stereocenters. The van der Waals surface area contributed by atoms with Gasteiger partial charge in [0.05, 0.1) is 30.4 Å². The molecule has 0 fully saturated rings. The fraction of sp³-hybridized carbons (Fsp3) is 0.130. The molecule has 8 nitrogen and oxygen atoms in total. The van der Waals surface area contributed by atoms with Gasteiger partial charge in [0.25, 0.3) is 10.0 Å². The van der Waals surface area contributed by atoms with Crippen molar-refractivity contribution in [1.29, 1.82) is 0 Å². The number of anilines is 2. The lowest BCUT2D eigenvalue weighted by Crippen LogP contribution is -2.38. The Labute approximate surface area is 196 Å². The lowest BCUT2D eigenvalue weighted by Gasteiger charge is -2.24. The van der Waals surface area contributed by atoms with Crippen LogP contribution in [0.2, 0.25) is 5.02 Å². The van der Waals surface area contributed by atoms with Gasteiger partial charge >= 0.3 is 5.97 Å². The molecule has 0 saturated carbocycles. The summed E-state index contributed by atoms with van der Waals surface area (Å²) in [5, 5.41) is 3.06. The Morgan fingerprint density at radius 2 is 1.52 bits per heavy atom. The number of esters is 1. The van der Waals surface area contributed by atoms with E-state index in [0.717, 1.165) is 4.31 Å². The molecule has 1 amide bonds. The molecule has 0 saturated heterocycles. The third-order valence-corrected chi connectivity index (χ3v) is 6.68. The molecular formula is C23H21ClN2O6S. The third kappa shape index (κ3) is 5.82. The van der Waals surface area contributed by atoms with Gasteiger partial charge < -0.3 is 14.8 Å². The third-order valence-electron chi connectivity index (χ3n) is 4.64. The van der Waals surface area contributed by atoms with E-state index in [0.29, 0.717) is 22.0 Å². The molecule has 0 aliphatic heterocycles. The number of amides is 1. The molecule has 1 N–H and O–H groups in total. The molecule has 3 rings (SSSR count). The van der Waals surface area contributed by atoms with Gasteiger partial charge in [0.15, 0.2) is 0 Å². The van der Waals surface area contributed by atoms with Gasteiger partial charge in [-0.15, -0.1) is 0 Å². The first-order chi connectivity index (χ1) is 15.7. The van der Waals surface area contributed by atoms with Crippen molar-refractivity contribution in [3.05, 3.63) is 83.4 Å². The number of methoxy groups -OCH3 is 2. The molecule has 0 aliphatic carbocycles. The van der Waals surface area contributed by atoms with Crippen LogP contribution < -0.4 is 14.4 Å². The van der Waals surface area contributed by atoms with E-state index in [9.17, 15) is 18.0 Å². The number of hydrogen-bond donors (Lipinski definition) is 1. The summed E-state index contributed by atoms with van der Waals surface area (Å²) in [6.07, 6.45) is 0. The zero-order valence-electron chi connectivity index (χ0n) is 17.8. The zero-order chi connectivity index (χ0) is 24.0. The van der Waals surface area contributed by atoms with E-state index in [4.69, 9.17) is 16.3 Å². The van der Waals surface area contributed by atoms with Crippen molar-refractivity contribution in [2.45, 2.75) is 4.90 Å². The van der Waals surface area contributed by atoms with Crippen LogP contribution in [0, 0.1) is 0 Å². The van der Waals surface area contributed by atoms with Crippen LogP contribution in [-0.2, 0) is 19.6 Å². The zero-order valence-corrected chi connectivity index (χ0v) is 19.4. The first-order valence-corrected chi connectivity index (χ1v) is 11.5. The van der Waals surface area contributed by atoms with Crippen LogP contribution in [0.3, 0.4) is 0 Å². The molecule has 0 radical (unpaired) electrons. The van der Waals surface area contributed by atoms with Gasteiger partial charge in [0.1, 0.15) is 12.3 Å². The van der Waals surface area contributed by atoms with Crippen molar-refractivity contribution >= 4 is 44.9 Å². The van der Waals surface area contributed by atoms with Crippen LogP contribution in [0.5, 0.6) is 5.75 Å². The van der Waals surface area contributed by atoms with Crippen molar-refractivity contribution in [2.75, 3.05) is 30.4 Å². The van der Waals surface area contributed by atoms with Gasteiger partial charge in [0, 0.05) is 10.7 Å². The first-order valence-electron chi connectivity index (χ1n) is 9.65. The Kier molecular flexibility index (Phi) is 7.57. The Balaban J connectivity index is 1.87. The molecular weight excluding hydrogens is 468 g/mol. The Bertz CT molecular complexity index is 1230. The van der Waals surface area contributed by atoms with E-state index in [2.05, 4.69) is 10.1 Å². The topological polar surface area (TPSA) is 102 Å². The minimum atomic E-state index is -4.09. The fourth-order valence-electron chi connectivity index (χ4n) is 2.94. The summed E-state index contributed by atoms with van der Waals surface area (Å²) < 4.78 is 37.5. The lowest BCUT2D eigenvalue weighted by atomic mass is 10.2. The SMILES string of the molecule is COC(=O)c1ccc(NC(=O)CN(c2ccc(Cl)cc2)S(=O)(=O)c2ccc(OC)cc2)cc1. The van der Waals surface area contributed by atoms with Gasteiger partial charge in [-0.1, -0.05) is 11.6 Å². The van der Waals surface area contributed by atoms with E-state index in [-0.39, 0.29) is 10.6 Å². The summed E-state index contributed by atoms with van der Waals surface area (Å²) in [5.41, 5.74) is 0.984. The number of halogens is 1. The van der Waals surface area contributed by atoms with Gasteiger partial charge in [-0.2, -0.15) is 0 Å². The second-order valence-corrected chi connectivity index (χ2v) is 9.08. The maximum Gasteiger partial charge on any atom is 0.337 e. The number of nitrogens with one attached hydrogen (secondary N) is 1. The quantitative estimate of drug-likeness (QED) is 0.481. The fourth-order valence-corrected chi connectivity index (χ4v) is 4.48. The Morgan fingerprint density at radius 1 is 0.909 bits per heavy atom. The molecule has 0 bridgehead atoms. The number of carbonyl (C=O) groups excluding carboxylic acids is 2. The van der Waals surface area contributed by atoms with Crippen LogP contribution >= 0.6 is 11.6 Å². The smallest absolute Gasteiger partial charge is 0.337 e. The number of sulfonamides is 1. The van der Waals surface area contributed by atoms with E-state index in [1.165, 1.54) is 87.0 Å². The molecule has 0 unspecified atom stereocenters. The summed E-state index contributed by atoms with van der Waals surface area (Å²) in [6.45, 7) is -0.491. The molecule has 3 aromatic carbocycles. The van der Waals surface area contributed by atoms with E-state index >= 15 is 0 Å². The molecule has 33 heavy (non-hydrogen) atoms. The largest absolute Gasteiger partial charge is 0.497 e. The van der Waals surface area contributed by atoms with Crippen LogP contribution in [0.4, 0.5) is 11.4 Å². The Hall–Kier alpha value is -3.56. The van der Waals surface area contributed by atoms with E-state index < -0.39 is 28.4 Å². The van der Waals surface area contributed by atoms with E-state index in [1.807, 2.05) is 0 Å². The number of hydrogen-bond acceptors (Lipinski definition) is 6. The highest BCUT2D eigenvalue weighted by Gasteiger charge is 2.27. The highest BCUT2D eigenvalue weighted by Crippen LogP contribution is 2.26. The van der Waals surface area contributed by atoms with Gasteiger partial charge in [-0.05, 0) is 72.8 Å². The van der Waals surface area contributed by atoms with Crippen molar-refractivity contribution in [2.24, 2.45) is 0 Å². The number of benzene rings is 3. The average Bonchev–Trinajstić information content (AvgIpc) is 2.83. The van der Waals surface area contributed by atoms with Crippen LogP contribution in [0.25, 0.3) is 0 Å². The van der Waals surface area contributed by atoms with Crippen molar-refractivity contribution in [3.63, 3.8) is 0 Å². The number of carbonyl (C=O) groups is 2. The monoisotopic (exact) mass is 488 g/mol. The highest BCUT2D eigenvalue weighted by atomic mass is 35.5. The summed E-state index contributed by atoms with van der Waals surface area (Å²) >= 11 is 5.95. The predicted octanol–water partition coefficient (Wildman–Crippen LogP) is 3.97. The second kappa shape index (κ2) is 10.4. The Morgan fingerprint density at radius 3 is 2.06 bits per heavy atom. The molecule has 0 aromatic heterocycles. The summed E-state index contributed by atoms with van der Waals surface area (Å²) in [4.78, 5) is 24.3. The van der Waals surface area contributed by atoms with Crippen molar-refractivity contribution in [1.82, 2.24) is 0 Å². The summed E-state index contributed by atoms with van der Waals surface area (Å²) in [7, 11) is -1.34. The minimum absolute atomic E-state index is 0.00604. The lowest BCUT2D eigenvalue weighted by molar-refractivity contribution is -0.114. The maximum atomic E-state index is 13.4. The van der Waals surface area contributed by atoms with Gasteiger partial charge in [0.2, 0.25) is 5.91 Å². The molecule has 0 aliphatic rings. The van der Waals surface area contributed by atoms with Crippen LogP contribution in [0.1, 0.15) is 10.4 Å². The molecule has 0 heterocycles. The van der Waals surface area contributed by atoms with Crippen molar-refractivity contribution in [3.8, 4) is 5.75 Å². The number of ether oxygens (including phenoxy) is 2. The number of nitrogens with zero attached hydrogens (tertiary/aromatic N) is 1. The average molecular weight is 489 g/mol. The van der Waals surface area contributed by atoms with Crippen LogP contribution in [0.15, 0.2) is 77.7 Å². The predicted molar refractivity (Wildman–Crippen MR) is 125 cm³/mol. The highest BCUT2D eigenvalue weighted by molar-refractivity contribution is 7.92. The van der Waals surface area contributed by atoms with Gasteiger partial charge in [-0.25, -0.2) is 13.2 Å². The molecule has 172 valence electrons. The standard InChI is InChI=1S/C23H21ClN2O6S/c1-31-20-11-13-21(14-12-20)33(29,30)26(19-9-5-17(24)6-10-19)15-22(27)25-18-7-3-16(4-8-18)23(28)32-2/h3-14H,15H2,1-2H3,(H,25,27). The molecule has 3 aromatic rings. The van der Waals surface area contributed by atoms with Crippen LogP contribution in [-0.4, -0.2) is 41.1 Å². The minimum Gasteiger partial charge on any atom is -0.497 e. The maximum absolute atomic E-state index is 13.4. The first kappa shape index (κ1) is 24.1. The van der Waals surface area contributed by atoms with E-state index in [1.54, 1.807) is 0 Å². The normalized spacial score (nSPS) is 10.9.